The summed E-state index contributed by atoms with van der Waals surface area (Å²) in [6, 6.07) is 0. The van der Waals surface area contributed by atoms with Crippen LogP contribution in [0.15, 0.2) is 0 Å². The van der Waals surface area contributed by atoms with Crippen LogP contribution in [0.25, 0.3) is 0 Å². The first kappa shape index (κ1) is 94.1. The van der Waals surface area contributed by atoms with Crippen LogP contribution in [0.5, 0.6) is 0 Å². The Balaban J connectivity index is 5.22. The highest BCUT2D eigenvalue weighted by Gasteiger charge is 2.30. The normalized spacial score (nSPS) is 14.3. The SMILES string of the molecule is CCCCCCCCCCCCCC(=O)O[C@H](COC(=O)CCCCCCCCC(C)C)COP(=O)(O)OC[C@H](O)COP(=O)(O)OC[C@@H](COC(=O)CCCCCCCCCCCCCCCCC(C)CC)OC(=O)CCCCCCCCCCCCCCCCCC(C)C. The zero-order chi connectivity index (χ0) is 70.9. The highest BCUT2D eigenvalue weighted by atomic mass is 31.2. The molecule has 0 aromatic rings. The molecule has 17 nitrogen and oxygen atoms in total. The molecule has 570 valence electrons. The quantitative estimate of drug-likeness (QED) is 0.0222. The molecule has 0 rings (SSSR count). The van der Waals surface area contributed by atoms with Gasteiger partial charge in [-0.15, -0.1) is 0 Å². The van der Waals surface area contributed by atoms with Crippen molar-refractivity contribution in [3.05, 3.63) is 0 Å². The third kappa shape index (κ3) is 69.2. The van der Waals surface area contributed by atoms with Crippen molar-refractivity contribution in [3.63, 3.8) is 0 Å². The molecule has 0 amide bonds. The van der Waals surface area contributed by atoms with Crippen LogP contribution in [-0.2, 0) is 65.4 Å². The fourth-order valence-corrected chi connectivity index (χ4v) is 13.3. The van der Waals surface area contributed by atoms with Crippen molar-refractivity contribution in [3.8, 4) is 0 Å². The van der Waals surface area contributed by atoms with Crippen LogP contribution in [0.4, 0.5) is 0 Å². The van der Waals surface area contributed by atoms with Gasteiger partial charge in [-0.1, -0.05) is 344 Å². The third-order valence-corrected chi connectivity index (χ3v) is 20.1. The van der Waals surface area contributed by atoms with E-state index in [1.54, 1.807) is 0 Å². The average Bonchev–Trinajstić information content (AvgIpc) is 1.09. The van der Waals surface area contributed by atoms with E-state index in [9.17, 15) is 43.2 Å². The first-order valence-corrected chi connectivity index (χ1v) is 42.9. The summed E-state index contributed by atoms with van der Waals surface area (Å²) in [5, 5.41) is 10.6. The van der Waals surface area contributed by atoms with E-state index in [1.807, 2.05) is 0 Å². The first-order valence-electron chi connectivity index (χ1n) is 39.9. The second-order valence-electron chi connectivity index (χ2n) is 28.9. The summed E-state index contributed by atoms with van der Waals surface area (Å²) in [6.07, 6.45) is 54.2. The molecule has 6 atom stereocenters. The van der Waals surface area contributed by atoms with Crippen molar-refractivity contribution in [1.82, 2.24) is 0 Å². The smallest absolute Gasteiger partial charge is 0.462 e. The number of hydrogen-bond acceptors (Lipinski definition) is 15. The number of unbranched alkanes of at least 4 members (excludes halogenated alkanes) is 42. The summed E-state index contributed by atoms with van der Waals surface area (Å²) in [7, 11) is -9.91. The van der Waals surface area contributed by atoms with E-state index in [0.29, 0.717) is 31.6 Å². The lowest BCUT2D eigenvalue weighted by Gasteiger charge is -2.21. The number of aliphatic hydroxyl groups excluding tert-OH is 1. The maximum Gasteiger partial charge on any atom is 0.472 e. The van der Waals surface area contributed by atoms with Crippen molar-refractivity contribution in [1.29, 1.82) is 0 Å². The van der Waals surface area contributed by atoms with Gasteiger partial charge < -0.3 is 33.8 Å². The predicted octanol–water partition coefficient (Wildman–Crippen LogP) is 22.6. The minimum atomic E-state index is -4.96. The van der Waals surface area contributed by atoms with Crippen molar-refractivity contribution in [2.45, 2.75) is 414 Å². The van der Waals surface area contributed by atoms with E-state index in [4.69, 9.17) is 37.0 Å². The summed E-state index contributed by atoms with van der Waals surface area (Å²) in [5.74, 6) is 0.214. The molecular formula is C77H150O17P2. The van der Waals surface area contributed by atoms with Gasteiger partial charge in [0.15, 0.2) is 12.2 Å². The number of esters is 4. The molecule has 3 unspecified atom stereocenters. The number of phosphoric acid groups is 2. The standard InChI is InChI=1S/C77H150O17P2/c1-8-10-11-12-13-14-24-32-37-46-53-60-76(81)94-73(65-88-75(80)59-52-45-40-39-42-49-56-69(5)6)67-92-96(85,86)90-63-71(78)62-89-95(83,84)91-66-72(93-77(82)61-54-47-38-33-28-23-17-15-16-20-25-29-34-41-48-55-68(3)4)64-87-74(79)58-51-44-36-31-27-22-19-18-21-26-30-35-43-50-57-70(7)9-2/h68-73,78H,8-67H2,1-7H3,(H,83,84)(H,85,86)/t70?,71-,72-,73-/m1/s1. The Kier molecular flexibility index (Phi) is 66.2. The lowest BCUT2D eigenvalue weighted by atomic mass is 9.99. The highest BCUT2D eigenvalue weighted by molar-refractivity contribution is 7.47. The Labute approximate surface area is 588 Å². The summed E-state index contributed by atoms with van der Waals surface area (Å²) < 4.78 is 68.5. The molecule has 0 aromatic heterocycles. The van der Waals surface area contributed by atoms with Gasteiger partial charge >= 0.3 is 39.5 Å². The lowest BCUT2D eigenvalue weighted by Crippen LogP contribution is -2.30. The molecule has 0 spiro atoms. The van der Waals surface area contributed by atoms with Gasteiger partial charge in [-0.3, -0.25) is 37.3 Å². The van der Waals surface area contributed by atoms with Gasteiger partial charge in [-0.05, 0) is 43.4 Å². The zero-order valence-electron chi connectivity index (χ0n) is 62.8. The van der Waals surface area contributed by atoms with Gasteiger partial charge in [0, 0.05) is 25.7 Å². The van der Waals surface area contributed by atoms with Gasteiger partial charge in [0.25, 0.3) is 0 Å². The Hall–Kier alpha value is -1.94. The van der Waals surface area contributed by atoms with Gasteiger partial charge in [-0.2, -0.15) is 0 Å². The molecule has 0 aliphatic carbocycles. The molecule has 0 bridgehead atoms. The second-order valence-corrected chi connectivity index (χ2v) is 31.8. The average molecular weight is 1410 g/mol. The van der Waals surface area contributed by atoms with Crippen molar-refractivity contribution < 1.29 is 80.2 Å². The summed E-state index contributed by atoms with van der Waals surface area (Å²) >= 11 is 0. The van der Waals surface area contributed by atoms with Crippen molar-refractivity contribution in [2.24, 2.45) is 17.8 Å². The number of phosphoric ester groups is 2. The zero-order valence-corrected chi connectivity index (χ0v) is 64.6. The maximum atomic E-state index is 13.1. The van der Waals surface area contributed by atoms with Crippen molar-refractivity contribution in [2.75, 3.05) is 39.6 Å². The Morgan fingerprint density at radius 2 is 0.531 bits per heavy atom. The number of ether oxygens (including phenoxy) is 4. The summed E-state index contributed by atoms with van der Waals surface area (Å²) in [4.78, 5) is 72.8. The van der Waals surface area contributed by atoms with E-state index in [-0.39, 0.29) is 25.7 Å². The fraction of sp³-hybridized carbons (Fsp3) is 0.948. The lowest BCUT2D eigenvalue weighted by molar-refractivity contribution is -0.161. The second kappa shape index (κ2) is 67.5. The Morgan fingerprint density at radius 3 is 0.792 bits per heavy atom. The molecule has 0 heterocycles. The fourth-order valence-electron chi connectivity index (χ4n) is 11.7. The summed E-state index contributed by atoms with van der Waals surface area (Å²) in [6.45, 7) is 11.9. The Morgan fingerprint density at radius 1 is 0.302 bits per heavy atom. The van der Waals surface area contributed by atoms with E-state index in [1.165, 1.54) is 199 Å². The van der Waals surface area contributed by atoms with E-state index in [0.717, 1.165) is 108 Å². The monoisotopic (exact) mass is 1410 g/mol. The molecule has 0 fully saturated rings. The molecule has 19 heteroatoms. The van der Waals surface area contributed by atoms with E-state index < -0.39 is 97.5 Å². The molecule has 0 aliphatic rings. The van der Waals surface area contributed by atoms with Gasteiger partial charge in [0.1, 0.15) is 19.3 Å². The molecule has 0 aromatic carbocycles. The van der Waals surface area contributed by atoms with Gasteiger partial charge in [0.2, 0.25) is 0 Å². The number of hydrogen-bond donors (Lipinski definition) is 3. The number of aliphatic hydroxyl groups is 1. The number of carbonyl (C=O) groups is 4. The molecule has 3 N–H and O–H groups in total. The molecule has 0 saturated heterocycles. The predicted molar refractivity (Wildman–Crippen MR) is 391 cm³/mol. The van der Waals surface area contributed by atoms with Crippen LogP contribution in [0.2, 0.25) is 0 Å². The van der Waals surface area contributed by atoms with Crippen LogP contribution in [0.3, 0.4) is 0 Å². The molecule has 0 aliphatic heterocycles. The van der Waals surface area contributed by atoms with Gasteiger partial charge in [-0.25, -0.2) is 9.13 Å². The molecule has 0 saturated carbocycles. The topological polar surface area (TPSA) is 237 Å². The van der Waals surface area contributed by atoms with E-state index in [2.05, 4.69) is 48.5 Å². The first-order chi connectivity index (χ1) is 46.3. The Bertz CT molecular complexity index is 1870. The van der Waals surface area contributed by atoms with Crippen LogP contribution >= 0.6 is 15.6 Å². The van der Waals surface area contributed by atoms with Crippen LogP contribution in [-0.4, -0.2) is 96.7 Å². The number of carbonyl (C=O) groups excluding carboxylic acids is 4. The van der Waals surface area contributed by atoms with Crippen LogP contribution in [0, 0.1) is 17.8 Å². The van der Waals surface area contributed by atoms with E-state index >= 15 is 0 Å². The van der Waals surface area contributed by atoms with Crippen molar-refractivity contribution >= 4 is 39.5 Å². The minimum Gasteiger partial charge on any atom is -0.462 e. The summed E-state index contributed by atoms with van der Waals surface area (Å²) in [5.41, 5.74) is 0. The molecule has 96 heavy (non-hydrogen) atoms. The van der Waals surface area contributed by atoms with Gasteiger partial charge in [0.05, 0.1) is 26.4 Å². The largest absolute Gasteiger partial charge is 0.472 e. The van der Waals surface area contributed by atoms with Crippen LogP contribution < -0.4 is 0 Å². The van der Waals surface area contributed by atoms with Crippen LogP contribution in [0.1, 0.15) is 395 Å². The molecule has 0 radical (unpaired) electrons. The minimum absolute atomic E-state index is 0.106. The molecular weight excluding hydrogens is 1260 g/mol. The number of rotatable bonds is 75. The third-order valence-electron chi connectivity index (χ3n) is 18.2. The highest BCUT2D eigenvalue weighted by Crippen LogP contribution is 2.45. The maximum absolute atomic E-state index is 13.1.